The minimum Gasteiger partial charge on any atom is -0.309 e. The van der Waals surface area contributed by atoms with Crippen molar-refractivity contribution in [3.8, 4) is 0 Å². The molecule has 0 saturated carbocycles. The van der Waals surface area contributed by atoms with Gasteiger partial charge in [-0.05, 0) is 58.7 Å². The highest BCUT2D eigenvalue weighted by Crippen LogP contribution is 2.24. The van der Waals surface area contributed by atoms with Gasteiger partial charge in [0.25, 0.3) is 0 Å². The van der Waals surface area contributed by atoms with E-state index < -0.39 is 0 Å². The Morgan fingerprint density at radius 3 is 2.84 bits per heavy atom. The molecule has 1 heterocycles. The molecule has 19 heavy (non-hydrogen) atoms. The Hall–Kier alpha value is -1.26. The Bertz CT molecular complexity index is 545. The van der Waals surface area contributed by atoms with Crippen molar-refractivity contribution in [1.29, 1.82) is 0 Å². The second-order valence-electron chi connectivity index (χ2n) is 4.31. The van der Waals surface area contributed by atoms with Crippen LogP contribution in [0.3, 0.4) is 0 Å². The van der Waals surface area contributed by atoms with Crippen LogP contribution in [-0.4, -0.2) is 11.5 Å². The van der Waals surface area contributed by atoms with Gasteiger partial charge in [-0.3, -0.25) is 4.98 Å². The van der Waals surface area contributed by atoms with Crippen molar-refractivity contribution < 1.29 is 4.39 Å². The zero-order valence-corrected chi connectivity index (χ0v) is 12.3. The first-order valence-electron chi connectivity index (χ1n) is 6.29. The van der Waals surface area contributed by atoms with Gasteiger partial charge >= 0.3 is 0 Å². The molecule has 100 valence electrons. The first-order chi connectivity index (χ1) is 9.20. The van der Waals surface area contributed by atoms with Crippen LogP contribution < -0.4 is 5.32 Å². The van der Waals surface area contributed by atoms with E-state index in [1.807, 2.05) is 18.2 Å². The molecule has 1 aromatic heterocycles. The lowest BCUT2D eigenvalue weighted by molar-refractivity contribution is 0.532. The number of nitrogens with one attached hydrogen (secondary N) is 1. The number of rotatable bonds is 5. The normalized spacial score (nSPS) is 12.4. The fraction of sp³-hybridized carbons (Fsp3) is 0.267. The number of likely N-dealkylation sites (N-methyl/N-ethyl adjacent to an activating group) is 1. The third-order valence-corrected chi connectivity index (χ3v) is 3.57. The third-order valence-electron chi connectivity index (χ3n) is 2.90. The van der Waals surface area contributed by atoms with E-state index in [1.165, 1.54) is 6.07 Å². The number of pyridine rings is 1. The first kappa shape index (κ1) is 14.2. The Labute approximate surface area is 121 Å². The molecule has 0 amide bonds. The molecule has 1 atom stereocenters. The van der Waals surface area contributed by atoms with Crippen molar-refractivity contribution in [2.24, 2.45) is 0 Å². The van der Waals surface area contributed by atoms with Crippen LogP contribution >= 0.6 is 15.9 Å². The second kappa shape index (κ2) is 6.78. The standard InChI is InChI=1S/C15H16BrFN2/c1-2-18-14(15-13(16)7-4-8-19-15)10-11-5-3-6-12(17)9-11/h3-9,14,18H,2,10H2,1H3. The van der Waals surface area contributed by atoms with E-state index in [-0.39, 0.29) is 11.9 Å². The average Bonchev–Trinajstić information content (AvgIpc) is 2.39. The van der Waals surface area contributed by atoms with Crippen molar-refractivity contribution in [2.45, 2.75) is 19.4 Å². The van der Waals surface area contributed by atoms with E-state index >= 15 is 0 Å². The van der Waals surface area contributed by atoms with E-state index in [0.717, 1.165) is 22.3 Å². The smallest absolute Gasteiger partial charge is 0.123 e. The Morgan fingerprint density at radius 2 is 2.16 bits per heavy atom. The van der Waals surface area contributed by atoms with Crippen molar-refractivity contribution in [2.75, 3.05) is 6.54 Å². The summed E-state index contributed by atoms with van der Waals surface area (Å²) in [6, 6.07) is 10.6. The van der Waals surface area contributed by atoms with E-state index in [2.05, 4.69) is 33.2 Å². The summed E-state index contributed by atoms with van der Waals surface area (Å²) in [4.78, 5) is 4.41. The molecular weight excluding hydrogens is 307 g/mol. The summed E-state index contributed by atoms with van der Waals surface area (Å²) in [5, 5.41) is 3.39. The number of aromatic nitrogens is 1. The molecule has 4 heteroatoms. The maximum atomic E-state index is 13.2. The molecule has 0 aliphatic carbocycles. The number of hydrogen-bond acceptors (Lipinski definition) is 2. The highest BCUT2D eigenvalue weighted by molar-refractivity contribution is 9.10. The molecule has 2 rings (SSSR count). The fourth-order valence-electron chi connectivity index (χ4n) is 2.07. The summed E-state index contributed by atoms with van der Waals surface area (Å²) < 4.78 is 14.2. The summed E-state index contributed by atoms with van der Waals surface area (Å²) in [7, 11) is 0. The minimum atomic E-state index is -0.201. The fourth-order valence-corrected chi connectivity index (χ4v) is 2.60. The van der Waals surface area contributed by atoms with Gasteiger partial charge in [-0.25, -0.2) is 4.39 Å². The maximum Gasteiger partial charge on any atom is 0.123 e. The lowest BCUT2D eigenvalue weighted by atomic mass is 10.0. The summed E-state index contributed by atoms with van der Waals surface area (Å²) >= 11 is 3.52. The van der Waals surface area contributed by atoms with Gasteiger partial charge in [0.05, 0.1) is 11.7 Å². The quantitative estimate of drug-likeness (QED) is 0.903. The number of halogens is 2. The van der Waals surface area contributed by atoms with Crippen LogP contribution in [0.5, 0.6) is 0 Å². The Balaban J connectivity index is 2.24. The molecular formula is C15H16BrFN2. The van der Waals surface area contributed by atoms with Gasteiger partial charge in [-0.1, -0.05) is 19.1 Å². The molecule has 2 aromatic rings. The molecule has 0 saturated heterocycles. The highest BCUT2D eigenvalue weighted by Gasteiger charge is 2.15. The van der Waals surface area contributed by atoms with E-state index in [9.17, 15) is 4.39 Å². The van der Waals surface area contributed by atoms with Crippen LogP contribution in [0.1, 0.15) is 24.2 Å². The molecule has 0 aliphatic heterocycles. The molecule has 0 radical (unpaired) electrons. The van der Waals surface area contributed by atoms with Crippen molar-refractivity contribution >= 4 is 15.9 Å². The van der Waals surface area contributed by atoms with E-state index in [4.69, 9.17) is 0 Å². The van der Waals surface area contributed by atoms with Crippen LogP contribution in [0.2, 0.25) is 0 Å². The van der Waals surface area contributed by atoms with Gasteiger partial charge in [0.1, 0.15) is 5.82 Å². The minimum absolute atomic E-state index is 0.0716. The van der Waals surface area contributed by atoms with Gasteiger partial charge in [0.15, 0.2) is 0 Å². The molecule has 1 unspecified atom stereocenters. The van der Waals surface area contributed by atoms with Crippen molar-refractivity contribution in [1.82, 2.24) is 10.3 Å². The van der Waals surface area contributed by atoms with Crippen LogP contribution in [0.4, 0.5) is 4.39 Å². The molecule has 1 N–H and O–H groups in total. The summed E-state index contributed by atoms with van der Waals surface area (Å²) in [6.45, 7) is 2.89. The zero-order chi connectivity index (χ0) is 13.7. The van der Waals surface area contributed by atoms with Gasteiger partial charge < -0.3 is 5.32 Å². The van der Waals surface area contributed by atoms with Gasteiger partial charge in [-0.2, -0.15) is 0 Å². The van der Waals surface area contributed by atoms with Crippen molar-refractivity contribution in [3.63, 3.8) is 0 Å². The molecule has 0 aliphatic rings. The first-order valence-corrected chi connectivity index (χ1v) is 7.08. The summed E-state index contributed by atoms with van der Waals surface area (Å²) in [5.74, 6) is -0.201. The Morgan fingerprint density at radius 1 is 1.32 bits per heavy atom. The van der Waals surface area contributed by atoms with Crippen LogP contribution in [0, 0.1) is 5.82 Å². The third kappa shape index (κ3) is 3.85. The summed E-state index contributed by atoms with van der Waals surface area (Å²) in [5.41, 5.74) is 1.91. The molecule has 1 aromatic carbocycles. The topological polar surface area (TPSA) is 24.9 Å². The maximum absolute atomic E-state index is 13.2. The van der Waals surface area contributed by atoms with Crippen LogP contribution in [0.25, 0.3) is 0 Å². The highest BCUT2D eigenvalue weighted by atomic mass is 79.9. The lowest BCUT2D eigenvalue weighted by Crippen LogP contribution is -2.24. The van der Waals surface area contributed by atoms with Crippen molar-refractivity contribution in [3.05, 3.63) is 64.1 Å². The second-order valence-corrected chi connectivity index (χ2v) is 5.17. The van der Waals surface area contributed by atoms with E-state index in [0.29, 0.717) is 6.42 Å². The monoisotopic (exact) mass is 322 g/mol. The largest absolute Gasteiger partial charge is 0.309 e. The number of nitrogens with zero attached hydrogens (tertiary/aromatic N) is 1. The average molecular weight is 323 g/mol. The predicted molar refractivity (Wildman–Crippen MR) is 78.5 cm³/mol. The van der Waals surface area contributed by atoms with E-state index in [1.54, 1.807) is 18.3 Å². The molecule has 0 spiro atoms. The van der Waals surface area contributed by atoms with Crippen LogP contribution in [-0.2, 0) is 6.42 Å². The zero-order valence-electron chi connectivity index (χ0n) is 10.7. The molecule has 0 fully saturated rings. The predicted octanol–water partition coefficient (Wildman–Crippen LogP) is 3.88. The van der Waals surface area contributed by atoms with Crippen LogP contribution in [0.15, 0.2) is 47.1 Å². The Kier molecular flexibility index (Phi) is 5.05. The SMILES string of the molecule is CCNC(Cc1cccc(F)c1)c1ncccc1Br. The number of benzene rings is 1. The summed E-state index contributed by atoms with van der Waals surface area (Å²) in [6.07, 6.45) is 2.48. The van der Waals surface area contributed by atoms with Gasteiger partial charge in [0.2, 0.25) is 0 Å². The molecule has 2 nitrogen and oxygen atoms in total. The lowest BCUT2D eigenvalue weighted by Gasteiger charge is -2.18. The van der Waals surface area contributed by atoms with Gasteiger partial charge in [-0.15, -0.1) is 0 Å². The van der Waals surface area contributed by atoms with Gasteiger partial charge in [0, 0.05) is 10.7 Å². The number of hydrogen-bond donors (Lipinski definition) is 1. The molecule has 0 bridgehead atoms.